The van der Waals surface area contributed by atoms with E-state index in [-0.39, 0.29) is 17.8 Å². The Morgan fingerprint density at radius 3 is 2.37 bits per heavy atom. The number of nitrogens with zero attached hydrogens (tertiary/aromatic N) is 1. The van der Waals surface area contributed by atoms with Gasteiger partial charge in [0, 0.05) is 31.7 Å². The van der Waals surface area contributed by atoms with Crippen LogP contribution < -0.4 is 16.0 Å². The number of benzene rings is 2. The number of halogens is 1. The van der Waals surface area contributed by atoms with Crippen molar-refractivity contribution >= 4 is 11.9 Å². The molecule has 2 aromatic rings. The fourth-order valence-corrected chi connectivity index (χ4v) is 2.43. The van der Waals surface area contributed by atoms with E-state index in [1.807, 2.05) is 38.1 Å². The van der Waals surface area contributed by atoms with Crippen molar-refractivity contribution in [3.05, 3.63) is 71.0 Å². The lowest BCUT2D eigenvalue weighted by Gasteiger charge is -2.14. The zero-order valence-electron chi connectivity index (χ0n) is 16.1. The molecule has 2 aromatic carbocycles. The van der Waals surface area contributed by atoms with Gasteiger partial charge in [-0.2, -0.15) is 0 Å². The van der Waals surface area contributed by atoms with Gasteiger partial charge in [-0.3, -0.25) is 9.79 Å². The van der Waals surface area contributed by atoms with Gasteiger partial charge in [-0.05, 0) is 48.7 Å². The van der Waals surface area contributed by atoms with E-state index >= 15 is 0 Å². The number of aliphatic imine (C=N–C) groups is 1. The summed E-state index contributed by atoms with van der Waals surface area (Å²) >= 11 is 0. The van der Waals surface area contributed by atoms with Gasteiger partial charge < -0.3 is 16.0 Å². The smallest absolute Gasteiger partial charge is 0.251 e. The van der Waals surface area contributed by atoms with Gasteiger partial charge >= 0.3 is 0 Å². The van der Waals surface area contributed by atoms with Gasteiger partial charge in [0.2, 0.25) is 0 Å². The average molecular weight is 370 g/mol. The zero-order chi connectivity index (χ0) is 19.6. The fraction of sp³-hybridized carbons (Fsp3) is 0.333. The maximum Gasteiger partial charge on any atom is 0.251 e. The van der Waals surface area contributed by atoms with Gasteiger partial charge in [-0.1, -0.05) is 31.2 Å². The van der Waals surface area contributed by atoms with Gasteiger partial charge in [-0.25, -0.2) is 4.39 Å². The Balaban J connectivity index is 1.89. The summed E-state index contributed by atoms with van der Waals surface area (Å²) in [5.74, 6) is 0.317. The topological polar surface area (TPSA) is 65.5 Å². The number of hydrogen-bond donors (Lipinski definition) is 3. The molecule has 0 spiro atoms. The molecule has 0 aliphatic rings. The molecule has 3 N–H and O–H groups in total. The lowest BCUT2D eigenvalue weighted by Crippen LogP contribution is -2.36. The van der Waals surface area contributed by atoms with E-state index in [9.17, 15) is 9.18 Å². The molecule has 0 radical (unpaired) electrons. The summed E-state index contributed by atoms with van der Waals surface area (Å²) in [5.41, 5.74) is 2.59. The van der Waals surface area contributed by atoms with Crippen LogP contribution in [-0.2, 0) is 13.1 Å². The number of amides is 1. The van der Waals surface area contributed by atoms with Crippen LogP contribution in [0.5, 0.6) is 0 Å². The number of guanidine groups is 1. The zero-order valence-corrected chi connectivity index (χ0v) is 16.1. The monoisotopic (exact) mass is 370 g/mol. The SMILES string of the molecule is CCC(C)NC(=O)c1cccc(CNC(=NC)NCc2ccc(F)cc2)c1. The molecule has 0 aromatic heterocycles. The highest BCUT2D eigenvalue weighted by Gasteiger charge is 2.09. The van der Waals surface area contributed by atoms with Crippen LogP contribution in [0, 0.1) is 5.82 Å². The van der Waals surface area contributed by atoms with Crippen LogP contribution in [0.15, 0.2) is 53.5 Å². The lowest BCUT2D eigenvalue weighted by atomic mass is 10.1. The highest BCUT2D eigenvalue weighted by atomic mass is 19.1. The second-order valence-electron chi connectivity index (χ2n) is 6.39. The Bertz CT molecular complexity index is 774. The molecule has 2 rings (SSSR count). The molecule has 0 bridgehead atoms. The Kier molecular flexibility index (Phi) is 7.79. The van der Waals surface area contributed by atoms with Crippen LogP contribution in [0.2, 0.25) is 0 Å². The minimum Gasteiger partial charge on any atom is -0.352 e. The summed E-state index contributed by atoms with van der Waals surface area (Å²) < 4.78 is 13.0. The third-order valence-corrected chi connectivity index (χ3v) is 4.24. The van der Waals surface area contributed by atoms with E-state index < -0.39 is 0 Å². The molecule has 1 atom stereocenters. The van der Waals surface area contributed by atoms with Gasteiger partial charge in [0.05, 0.1) is 0 Å². The van der Waals surface area contributed by atoms with Crippen molar-refractivity contribution in [2.45, 2.75) is 39.4 Å². The summed E-state index contributed by atoms with van der Waals surface area (Å²) in [7, 11) is 1.69. The van der Waals surface area contributed by atoms with E-state index in [4.69, 9.17) is 0 Å². The van der Waals surface area contributed by atoms with Crippen molar-refractivity contribution in [1.29, 1.82) is 0 Å². The van der Waals surface area contributed by atoms with E-state index in [2.05, 4.69) is 20.9 Å². The first-order chi connectivity index (χ1) is 13.0. The maximum atomic E-state index is 13.0. The molecule has 0 heterocycles. The molecule has 144 valence electrons. The Labute approximate surface area is 160 Å². The largest absolute Gasteiger partial charge is 0.352 e. The number of nitrogens with one attached hydrogen (secondary N) is 3. The third-order valence-electron chi connectivity index (χ3n) is 4.24. The molecule has 6 heteroatoms. The van der Waals surface area contributed by atoms with Gasteiger partial charge in [-0.15, -0.1) is 0 Å². The first-order valence-electron chi connectivity index (χ1n) is 9.10. The second-order valence-corrected chi connectivity index (χ2v) is 6.39. The van der Waals surface area contributed by atoms with Crippen molar-refractivity contribution in [1.82, 2.24) is 16.0 Å². The first-order valence-corrected chi connectivity index (χ1v) is 9.10. The molecular weight excluding hydrogens is 343 g/mol. The third kappa shape index (κ3) is 6.73. The van der Waals surface area contributed by atoms with Crippen LogP contribution in [-0.4, -0.2) is 25.0 Å². The summed E-state index contributed by atoms with van der Waals surface area (Å²) in [6.07, 6.45) is 0.892. The van der Waals surface area contributed by atoms with E-state index in [0.29, 0.717) is 24.6 Å². The van der Waals surface area contributed by atoms with Gasteiger partial charge in [0.1, 0.15) is 5.82 Å². The van der Waals surface area contributed by atoms with Crippen LogP contribution in [0.3, 0.4) is 0 Å². The summed E-state index contributed by atoms with van der Waals surface area (Å²) in [6.45, 7) is 5.10. The number of rotatable bonds is 7. The minimum atomic E-state index is -0.251. The van der Waals surface area contributed by atoms with Crippen LogP contribution in [0.1, 0.15) is 41.8 Å². The molecular formula is C21H27FN4O. The van der Waals surface area contributed by atoms with Crippen molar-refractivity contribution in [3.63, 3.8) is 0 Å². The van der Waals surface area contributed by atoms with Crippen LogP contribution >= 0.6 is 0 Å². The van der Waals surface area contributed by atoms with Crippen molar-refractivity contribution in [2.75, 3.05) is 7.05 Å². The van der Waals surface area contributed by atoms with Gasteiger partial charge in [0.15, 0.2) is 5.96 Å². The average Bonchev–Trinajstić information content (AvgIpc) is 2.69. The van der Waals surface area contributed by atoms with E-state index in [1.54, 1.807) is 19.2 Å². The maximum absolute atomic E-state index is 13.0. The molecule has 0 fully saturated rings. The Hall–Kier alpha value is -2.89. The van der Waals surface area contributed by atoms with E-state index in [1.165, 1.54) is 12.1 Å². The molecule has 0 aliphatic heterocycles. The molecule has 1 amide bonds. The van der Waals surface area contributed by atoms with Gasteiger partial charge in [0.25, 0.3) is 5.91 Å². The summed E-state index contributed by atoms with van der Waals surface area (Å²) in [4.78, 5) is 16.4. The van der Waals surface area contributed by atoms with Crippen LogP contribution in [0.4, 0.5) is 4.39 Å². The standard InChI is InChI=1S/C21H27FN4O/c1-4-15(2)26-20(27)18-7-5-6-17(12-18)14-25-21(23-3)24-13-16-8-10-19(22)11-9-16/h5-12,15H,4,13-14H2,1-3H3,(H,26,27)(H2,23,24,25). The van der Waals surface area contributed by atoms with Crippen LogP contribution in [0.25, 0.3) is 0 Å². The number of carbonyl (C=O) groups is 1. The summed E-state index contributed by atoms with van der Waals surface area (Å²) in [6, 6.07) is 14.0. The van der Waals surface area contributed by atoms with E-state index in [0.717, 1.165) is 17.5 Å². The van der Waals surface area contributed by atoms with Crippen molar-refractivity contribution < 1.29 is 9.18 Å². The Morgan fingerprint density at radius 2 is 1.74 bits per heavy atom. The number of carbonyl (C=O) groups excluding carboxylic acids is 1. The van der Waals surface area contributed by atoms with Crippen molar-refractivity contribution in [2.24, 2.45) is 4.99 Å². The Morgan fingerprint density at radius 1 is 1.07 bits per heavy atom. The molecule has 27 heavy (non-hydrogen) atoms. The minimum absolute atomic E-state index is 0.0648. The predicted octanol–water partition coefficient (Wildman–Crippen LogP) is 3.22. The normalized spacial score (nSPS) is 12.4. The molecule has 0 saturated carbocycles. The molecule has 1 unspecified atom stereocenters. The predicted molar refractivity (Wildman–Crippen MR) is 107 cm³/mol. The lowest BCUT2D eigenvalue weighted by molar-refractivity contribution is 0.0939. The summed E-state index contributed by atoms with van der Waals surface area (Å²) in [5, 5.41) is 9.37. The quantitative estimate of drug-likeness (QED) is 0.518. The fourth-order valence-electron chi connectivity index (χ4n) is 2.43. The highest BCUT2D eigenvalue weighted by molar-refractivity contribution is 5.94. The first kappa shape index (κ1) is 20.4. The second kappa shape index (κ2) is 10.3. The molecule has 5 nitrogen and oxygen atoms in total. The van der Waals surface area contributed by atoms with Crippen molar-refractivity contribution in [3.8, 4) is 0 Å². The molecule has 0 aliphatic carbocycles. The molecule has 0 saturated heterocycles. The highest BCUT2D eigenvalue weighted by Crippen LogP contribution is 2.06. The number of hydrogen-bond acceptors (Lipinski definition) is 2.